The van der Waals surface area contributed by atoms with Crippen LogP contribution >= 0.6 is 10.7 Å². The van der Waals surface area contributed by atoms with Gasteiger partial charge < -0.3 is 9.64 Å². The molecule has 0 aliphatic carbocycles. The maximum absolute atomic E-state index is 12.1. The van der Waals surface area contributed by atoms with E-state index in [1.54, 1.807) is 0 Å². The van der Waals surface area contributed by atoms with Crippen molar-refractivity contribution in [2.75, 3.05) is 24.3 Å². The van der Waals surface area contributed by atoms with Crippen LogP contribution < -0.4 is 9.64 Å². The van der Waals surface area contributed by atoms with E-state index in [1.807, 2.05) is 0 Å². The number of rotatable bonds is 5. The van der Waals surface area contributed by atoms with Crippen LogP contribution in [0.2, 0.25) is 0 Å². The third kappa shape index (κ3) is 3.66. The quantitative estimate of drug-likeness (QED) is 0.453. The molecule has 1 aromatic carbocycles. The zero-order valence-electron chi connectivity index (χ0n) is 11.6. The molecular formula is C12H13ClN2O6S. The molecule has 120 valence electrons. The summed E-state index contributed by atoms with van der Waals surface area (Å²) in [7, 11) is 2.86. The highest BCUT2D eigenvalue weighted by molar-refractivity contribution is 8.13. The maximum Gasteiger partial charge on any atom is 0.293 e. The minimum absolute atomic E-state index is 0.0275. The van der Waals surface area contributed by atoms with E-state index < -0.39 is 19.9 Å². The van der Waals surface area contributed by atoms with Crippen LogP contribution in [-0.2, 0) is 13.8 Å². The van der Waals surface area contributed by atoms with Crippen molar-refractivity contribution in [3.05, 3.63) is 28.3 Å². The van der Waals surface area contributed by atoms with Gasteiger partial charge in [-0.25, -0.2) is 8.42 Å². The Balaban J connectivity index is 2.35. The molecule has 1 saturated heterocycles. The van der Waals surface area contributed by atoms with Crippen molar-refractivity contribution in [3.8, 4) is 5.75 Å². The number of hydrogen-bond donors (Lipinski definition) is 0. The van der Waals surface area contributed by atoms with Crippen molar-refractivity contribution in [1.29, 1.82) is 0 Å². The Labute approximate surface area is 131 Å². The predicted molar refractivity (Wildman–Crippen MR) is 79.7 cm³/mol. The smallest absolute Gasteiger partial charge is 0.293 e. The van der Waals surface area contributed by atoms with E-state index in [9.17, 15) is 23.3 Å². The van der Waals surface area contributed by atoms with Crippen molar-refractivity contribution < 1.29 is 22.9 Å². The van der Waals surface area contributed by atoms with Crippen LogP contribution in [0.15, 0.2) is 18.2 Å². The molecule has 2 rings (SSSR count). The molecule has 0 saturated carbocycles. The average Bonchev–Trinajstić information content (AvgIpc) is 2.76. The van der Waals surface area contributed by atoms with Crippen molar-refractivity contribution in [2.45, 2.75) is 6.42 Å². The first-order valence-electron chi connectivity index (χ1n) is 6.26. The van der Waals surface area contributed by atoms with Crippen LogP contribution in [0, 0.1) is 16.0 Å². The molecule has 0 spiro atoms. The molecule has 1 fully saturated rings. The number of amides is 1. The highest BCUT2D eigenvalue weighted by atomic mass is 35.7. The lowest BCUT2D eigenvalue weighted by molar-refractivity contribution is -0.384. The van der Waals surface area contributed by atoms with Gasteiger partial charge in [0.15, 0.2) is 0 Å². The summed E-state index contributed by atoms with van der Waals surface area (Å²) in [6.45, 7) is 0.0544. The maximum atomic E-state index is 12.1. The number of hydrogen-bond acceptors (Lipinski definition) is 6. The molecule has 0 N–H and O–H groups in total. The number of methoxy groups -OCH3 is 1. The normalized spacial score (nSPS) is 18.5. The molecule has 0 radical (unpaired) electrons. The lowest BCUT2D eigenvalue weighted by atomic mass is 10.1. The summed E-state index contributed by atoms with van der Waals surface area (Å²) < 4.78 is 27.3. The molecule has 1 unspecified atom stereocenters. The van der Waals surface area contributed by atoms with E-state index in [1.165, 1.54) is 30.2 Å². The second-order valence-corrected chi connectivity index (χ2v) is 7.71. The summed E-state index contributed by atoms with van der Waals surface area (Å²) in [5, 5.41) is 11.1. The van der Waals surface area contributed by atoms with Crippen LogP contribution in [0.25, 0.3) is 0 Å². The highest BCUT2D eigenvalue weighted by Gasteiger charge is 2.36. The summed E-state index contributed by atoms with van der Waals surface area (Å²) in [5.41, 5.74) is -0.160. The van der Waals surface area contributed by atoms with E-state index in [2.05, 4.69) is 0 Å². The van der Waals surface area contributed by atoms with Crippen LogP contribution in [0.4, 0.5) is 11.4 Å². The number of nitro benzene ring substituents is 1. The van der Waals surface area contributed by atoms with Gasteiger partial charge in [0.1, 0.15) is 11.4 Å². The van der Waals surface area contributed by atoms with Crippen molar-refractivity contribution >= 4 is 37.0 Å². The molecule has 1 amide bonds. The van der Waals surface area contributed by atoms with E-state index in [4.69, 9.17) is 15.4 Å². The average molecular weight is 349 g/mol. The predicted octanol–water partition coefficient (Wildman–Crippen LogP) is 1.52. The van der Waals surface area contributed by atoms with E-state index >= 15 is 0 Å². The van der Waals surface area contributed by atoms with Gasteiger partial charge in [-0.2, -0.15) is 0 Å². The lowest BCUT2D eigenvalue weighted by Crippen LogP contribution is -2.26. The number of halogens is 1. The van der Waals surface area contributed by atoms with Gasteiger partial charge in [-0.05, 0) is 6.07 Å². The van der Waals surface area contributed by atoms with Crippen LogP contribution in [0.5, 0.6) is 5.75 Å². The van der Waals surface area contributed by atoms with Gasteiger partial charge in [0.05, 0.1) is 17.8 Å². The second-order valence-electron chi connectivity index (χ2n) is 4.89. The van der Waals surface area contributed by atoms with Gasteiger partial charge in [0.25, 0.3) is 5.69 Å². The third-order valence-electron chi connectivity index (χ3n) is 3.31. The molecule has 1 aliphatic heterocycles. The first kappa shape index (κ1) is 16.5. The zero-order chi connectivity index (χ0) is 16.5. The first-order valence-corrected chi connectivity index (χ1v) is 8.74. The summed E-state index contributed by atoms with van der Waals surface area (Å²) >= 11 is 0. The van der Waals surface area contributed by atoms with Gasteiger partial charge >= 0.3 is 0 Å². The summed E-state index contributed by atoms with van der Waals surface area (Å²) in [6, 6.07) is 4.05. The molecule has 10 heteroatoms. The van der Waals surface area contributed by atoms with Gasteiger partial charge in [0.2, 0.25) is 15.0 Å². The molecule has 0 aromatic heterocycles. The third-order valence-corrected chi connectivity index (χ3v) is 4.56. The van der Waals surface area contributed by atoms with Gasteiger partial charge in [-0.15, -0.1) is 0 Å². The number of benzene rings is 1. The summed E-state index contributed by atoms with van der Waals surface area (Å²) in [5.74, 6) is -0.876. The van der Waals surface area contributed by atoms with Gasteiger partial charge in [-0.3, -0.25) is 14.9 Å². The number of nitro groups is 1. The number of ether oxygens (including phenoxy) is 1. The standard InChI is InChI=1S/C12H13ClN2O6S/c1-21-9-2-3-10(15(17)18)11(5-9)14-6-8(4-12(14)16)7-22(13,19)20/h2-3,5,8H,4,6-7H2,1H3. The Morgan fingerprint density at radius 2 is 2.18 bits per heavy atom. The number of carbonyl (C=O) groups excluding carboxylic acids is 1. The van der Waals surface area contributed by atoms with Crippen LogP contribution in [-0.4, -0.2) is 38.7 Å². The van der Waals surface area contributed by atoms with Crippen LogP contribution in [0.3, 0.4) is 0 Å². The fourth-order valence-corrected chi connectivity index (χ4v) is 3.73. The van der Waals surface area contributed by atoms with Crippen molar-refractivity contribution in [3.63, 3.8) is 0 Å². The number of anilines is 1. The molecular weight excluding hydrogens is 336 g/mol. The Morgan fingerprint density at radius 1 is 1.50 bits per heavy atom. The Hall–Kier alpha value is -1.87. The number of carbonyl (C=O) groups is 1. The fraction of sp³-hybridized carbons (Fsp3) is 0.417. The number of nitrogens with zero attached hydrogens (tertiary/aromatic N) is 2. The molecule has 1 heterocycles. The highest BCUT2D eigenvalue weighted by Crippen LogP contribution is 2.36. The van der Waals surface area contributed by atoms with Gasteiger partial charge in [0, 0.05) is 41.7 Å². The minimum Gasteiger partial charge on any atom is -0.497 e. The topological polar surface area (TPSA) is 107 Å². The van der Waals surface area contributed by atoms with Crippen molar-refractivity contribution in [1.82, 2.24) is 0 Å². The molecule has 0 bridgehead atoms. The van der Waals surface area contributed by atoms with E-state index in [0.29, 0.717) is 5.75 Å². The molecule has 1 aliphatic rings. The van der Waals surface area contributed by atoms with E-state index in [-0.39, 0.29) is 36.0 Å². The molecule has 1 aromatic rings. The first-order chi connectivity index (χ1) is 10.2. The van der Waals surface area contributed by atoms with Crippen molar-refractivity contribution in [2.24, 2.45) is 5.92 Å². The van der Waals surface area contributed by atoms with E-state index in [0.717, 1.165) is 0 Å². The molecule has 8 nitrogen and oxygen atoms in total. The zero-order valence-corrected chi connectivity index (χ0v) is 13.1. The lowest BCUT2D eigenvalue weighted by Gasteiger charge is -2.17. The Morgan fingerprint density at radius 3 is 2.73 bits per heavy atom. The Kier molecular flexibility index (Phi) is 4.57. The Bertz CT molecular complexity index is 720. The molecule has 22 heavy (non-hydrogen) atoms. The fourth-order valence-electron chi connectivity index (χ4n) is 2.41. The van der Waals surface area contributed by atoms with Crippen LogP contribution in [0.1, 0.15) is 6.42 Å². The minimum atomic E-state index is -3.74. The monoisotopic (exact) mass is 348 g/mol. The summed E-state index contributed by atoms with van der Waals surface area (Å²) in [4.78, 5) is 23.8. The largest absolute Gasteiger partial charge is 0.497 e. The second kappa shape index (κ2) is 6.09. The summed E-state index contributed by atoms with van der Waals surface area (Å²) in [6.07, 6.45) is -0.0275. The SMILES string of the molecule is COc1ccc([N+](=O)[O-])c(N2CC(CS(=O)(=O)Cl)CC2=O)c1. The molecule has 1 atom stereocenters. The van der Waals surface area contributed by atoms with Gasteiger partial charge in [-0.1, -0.05) is 0 Å².